The summed E-state index contributed by atoms with van der Waals surface area (Å²) in [6.45, 7) is -0.798. The Hall–Kier alpha value is -3.31. The molecule has 1 fully saturated rings. The number of alkyl halides is 6. The molecule has 0 unspecified atom stereocenters. The number of amides is 2. The predicted molar refractivity (Wildman–Crippen MR) is 135 cm³/mol. The lowest BCUT2D eigenvalue weighted by molar-refractivity contribution is -0.143. The monoisotopic (exact) mass is 603 g/mol. The lowest BCUT2D eigenvalue weighted by atomic mass is 10.0. The SMILES string of the molecule is O=C1[C@H](Cc2ccc(Cl)c(Cl)c2)N(Cc2ccccn2)C(=O)CCN1Cc1cc(C(F)(F)F)cc(C(F)(F)F)c1. The van der Waals surface area contributed by atoms with Crippen LogP contribution in [0.4, 0.5) is 26.3 Å². The minimum Gasteiger partial charge on any atom is -0.336 e. The molecule has 0 radical (unpaired) electrons. The van der Waals surface area contributed by atoms with Gasteiger partial charge in [0.1, 0.15) is 6.04 Å². The molecule has 13 heteroatoms. The molecular formula is C27H21Cl2F6N3O2. The first-order chi connectivity index (χ1) is 18.7. The summed E-state index contributed by atoms with van der Waals surface area (Å²) in [6.07, 6.45) is -8.77. The summed E-state index contributed by atoms with van der Waals surface area (Å²) >= 11 is 12.1. The molecule has 0 saturated carbocycles. The van der Waals surface area contributed by atoms with Gasteiger partial charge in [0.15, 0.2) is 0 Å². The predicted octanol–water partition coefficient (Wildman–Crippen LogP) is 6.80. The van der Waals surface area contributed by atoms with Gasteiger partial charge < -0.3 is 9.80 Å². The Morgan fingerprint density at radius 3 is 2.08 bits per heavy atom. The van der Waals surface area contributed by atoms with Gasteiger partial charge in [0.05, 0.1) is 33.4 Å². The van der Waals surface area contributed by atoms with Crippen LogP contribution in [0, 0.1) is 0 Å². The topological polar surface area (TPSA) is 53.5 Å². The van der Waals surface area contributed by atoms with Crippen molar-refractivity contribution in [3.8, 4) is 0 Å². The van der Waals surface area contributed by atoms with Gasteiger partial charge in [-0.2, -0.15) is 26.3 Å². The second-order valence-corrected chi connectivity index (χ2v) is 10.0. The van der Waals surface area contributed by atoms with Gasteiger partial charge in [-0.05, 0) is 53.6 Å². The van der Waals surface area contributed by atoms with Crippen LogP contribution in [0.2, 0.25) is 10.0 Å². The van der Waals surface area contributed by atoms with Crippen molar-refractivity contribution in [1.82, 2.24) is 14.8 Å². The maximum absolute atomic E-state index is 13.8. The molecule has 5 nitrogen and oxygen atoms in total. The highest BCUT2D eigenvalue weighted by molar-refractivity contribution is 6.42. The first-order valence-electron chi connectivity index (χ1n) is 11.9. The number of carbonyl (C=O) groups is 2. The fourth-order valence-electron chi connectivity index (χ4n) is 4.44. The van der Waals surface area contributed by atoms with Gasteiger partial charge in [0.2, 0.25) is 11.8 Å². The molecule has 0 N–H and O–H groups in total. The number of hydrogen-bond acceptors (Lipinski definition) is 3. The molecule has 2 aromatic carbocycles. The van der Waals surface area contributed by atoms with Crippen LogP contribution in [0.25, 0.3) is 0 Å². The van der Waals surface area contributed by atoms with Crippen LogP contribution >= 0.6 is 23.2 Å². The maximum Gasteiger partial charge on any atom is 0.416 e. The molecule has 1 aliphatic heterocycles. The summed E-state index contributed by atoms with van der Waals surface area (Å²) in [7, 11) is 0. The third kappa shape index (κ3) is 7.06. The number of halogens is 8. The summed E-state index contributed by atoms with van der Waals surface area (Å²) < 4.78 is 80.4. The Morgan fingerprint density at radius 2 is 1.50 bits per heavy atom. The zero-order chi connectivity index (χ0) is 29.2. The van der Waals surface area contributed by atoms with Crippen molar-refractivity contribution in [1.29, 1.82) is 0 Å². The van der Waals surface area contributed by atoms with Gasteiger partial charge in [-0.1, -0.05) is 35.3 Å². The lowest BCUT2D eigenvalue weighted by Gasteiger charge is -2.31. The standard InChI is InChI=1S/C27H21Cl2F6N3O2/c28-21-5-4-16(11-22(21)29)12-23-25(40)37(8-6-24(39)38(23)15-20-3-1-2-7-36-20)14-17-9-18(26(30,31)32)13-19(10-17)27(33,34)35/h1-5,7,9-11,13,23H,6,8,12,14-15H2/t23-/m0/s1. The van der Waals surface area contributed by atoms with Crippen LogP contribution < -0.4 is 0 Å². The van der Waals surface area contributed by atoms with Crippen molar-refractivity contribution in [3.63, 3.8) is 0 Å². The number of nitrogens with zero attached hydrogens (tertiary/aromatic N) is 3. The van der Waals surface area contributed by atoms with Gasteiger partial charge >= 0.3 is 12.4 Å². The van der Waals surface area contributed by atoms with Gasteiger partial charge in [0, 0.05) is 32.1 Å². The Labute approximate surface area is 235 Å². The lowest BCUT2D eigenvalue weighted by Crippen LogP contribution is -2.48. The van der Waals surface area contributed by atoms with E-state index < -0.39 is 47.9 Å². The zero-order valence-electron chi connectivity index (χ0n) is 20.6. The highest BCUT2D eigenvalue weighted by atomic mass is 35.5. The minimum absolute atomic E-state index is 0.0266. The Kier molecular flexibility index (Phi) is 8.65. The minimum atomic E-state index is -5.04. The van der Waals surface area contributed by atoms with Crippen LogP contribution in [0.5, 0.6) is 0 Å². The molecule has 1 atom stereocenters. The summed E-state index contributed by atoms with van der Waals surface area (Å²) in [4.78, 5) is 33.7. The van der Waals surface area contributed by atoms with Crippen molar-refractivity contribution >= 4 is 35.0 Å². The molecule has 2 heterocycles. The number of hydrogen-bond donors (Lipinski definition) is 0. The van der Waals surface area contributed by atoms with Gasteiger partial charge in [-0.3, -0.25) is 14.6 Å². The second-order valence-electron chi connectivity index (χ2n) is 9.24. The molecule has 4 rings (SSSR count). The molecule has 212 valence electrons. The quantitative estimate of drug-likeness (QED) is 0.291. The molecule has 1 saturated heterocycles. The largest absolute Gasteiger partial charge is 0.416 e. The van der Waals surface area contributed by atoms with Gasteiger partial charge in [-0.25, -0.2) is 0 Å². The molecule has 2 amide bonds. The normalized spacial score (nSPS) is 16.9. The first-order valence-corrected chi connectivity index (χ1v) is 12.7. The van der Waals surface area contributed by atoms with E-state index >= 15 is 0 Å². The fraction of sp³-hybridized carbons (Fsp3) is 0.296. The van der Waals surface area contributed by atoms with Crippen LogP contribution in [-0.2, 0) is 41.5 Å². The highest BCUT2D eigenvalue weighted by Gasteiger charge is 2.39. The van der Waals surface area contributed by atoms with E-state index in [0.29, 0.717) is 23.4 Å². The van der Waals surface area contributed by atoms with E-state index in [2.05, 4.69) is 4.98 Å². The van der Waals surface area contributed by atoms with Crippen LogP contribution in [-0.4, -0.2) is 39.2 Å². The number of aromatic nitrogens is 1. The molecule has 1 aliphatic rings. The van der Waals surface area contributed by atoms with Crippen molar-refractivity contribution < 1.29 is 35.9 Å². The van der Waals surface area contributed by atoms with Crippen LogP contribution in [0.15, 0.2) is 60.8 Å². The Bertz CT molecular complexity index is 1370. The average Bonchev–Trinajstić information content (AvgIpc) is 2.98. The van der Waals surface area contributed by atoms with Crippen molar-refractivity contribution in [3.05, 3.63) is 98.8 Å². The van der Waals surface area contributed by atoms with Crippen molar-refractivity contribution in [2.45, 2.75) is 44.3 Å². The average molecular weight is 604 g/mol. The molecule has 0 aliphatic carbocycles. The summed E-state index contributed by atoms with van der Waals surface area (Å²) in [6, 6.07) is 9.75. The number of benzene rings is 2. The van der Waals surface area contributed by atoms with Crippen molar-refractivity contribution in [2.75, 3.05) is 6.54 Å². The third-order valence-electron chi connectivity index (χ3n) is 6.38. The number of carbonyl (C=O) groups excluding carboxylic acids is 2. The molecule has 40 heavy (non-hydrogen) atoms. The van der Waals surface area contributed by atoms with Gasteiger partial charge in [-0.15, -0.1) is 0 Å². The molecule has 0 spiro atoms. The van der Waals surface area contributed by atoms with Crippen LogP contribution in [0.1, 0.15) is 34.4 Å². The summed E-state index contributed by atoms with van der Waals surface area (Å²) in [5.74, 6) is -1.06. The molecule has 3 aromatic rings. The zero-order valence-corrected chi connectivity index (χ0v) is 22.1. The summed E-state index contributed by atoms with van der Waals surface area (Å²) in [5.41, 5.74) is -2.30. The third-order valence-corrected chi connectivity index (χ3v) is 7.12. The number of pyridine rings is 1. The van der Waals surface area contributed by atoms with Crippen molar-refractivity contribution in [2.24, 2.45) is 0 Å². The van der Waals surface area contributed by atoms with E-state index in [1.165, 1.54) is 23.2 Å². The van der Waals surface area contributed by atoms with E-state index in [1.54, 1.807) is 24.3 Å². The van der Waals surface area contributed by atoms with E-state index in [-0.39, 0.29) is 47.6 Å². The van der Waals surface area contributed by atoms with E-state index in [1.807, 2.05) is 0 Å². The van der Waals surface area contributed by atoms with Gasteiger partial charge in [0.25, 0.3) is 0 Å². The van der Waals surface area contributed by atoms with E-state index in [4.69, 9.17) is 23.2 Å². The number of rotatable bonds is 6. The maximum atomic E-state index is 13.8. The summed E-state index contributed by atoms with van der Waals surface area (Å²) in [5, 5.41) is 0.481. The first kappa shape index (κ1) is 29.7. The Morgan fingerprint density at radius 1 is 0.825 bits per heavy atom. The van der Waals surface area contributed by atoms with Crippen LogP contribution in [0.3, 0.4) is 0 Å². The smallest absolute Gasteiger partial charge is 0.336 e. The fourth-order valence-corrected chi connectivity index (χ4v) is 4.76. The molecule has 0 bridgehead atoms. The Balaban J connectivity index is 1.71. The second kappa shape index (κ2) is 11.7. The highest BCUT2D eigenvalue weighted by Crippen LogP contribution is 2.37. The van der Waals surface area contributed by atoms with E-state index in [0.717, 1.165) is 4.90 Å². The molecular weight excluding hydrogens is 583 g/mol. The van der Waals surface area contributed by atoms with E-state index in [9.17, 15) is 35.9 Å². The molecule has 1 aromatic heterocycles.